The minimum atomic E-state index is -0.660. The monoisotopic (exact) mass is 346 g/mol. The van der Waals surface area contributed by atoms with Crippen LogP contribution in [0, 0.1) is 0 Å². The van der Waals surface area contributed by atoms with Crippen LogP contribution in [0.4, 0.5) is 0 Å². The fraction of sp³-hybridized carbons (Fsp3) is 0.111. The SMILES string of the molecule is COC(=O)c1cccc(/C=C\C(=O)c2ccc(OC)cc2Cl)c1O. The third kappa shape index (κ3) is 3.75. The first-order valence-electron chi connectivity index (χ1n) is 6.94. The third-order valence-electron chi connectivity index (χ3n) is 3.33. The molecule has 0 aliphatic rings. The van der Waals surface area contributed by atoms with Gasteiger partial charge in [0.05, 0.1) is 19.2 Å². The van der Waals surface area contributed by atoms with E-state index in [0.29, 0.717) is 16.9 Å². The Labute approximate surface area is 144 Å². The van der Waals surface area contributed by atoms with Gasteiger partial charge in [-0.15, -0.1) is 0 Å². The van der Waals surface area contributed by atoms with Gasteiger partial charge in [-0.3, -0.25) is 4.79 Å². The molecule has 24 heavy (non-hydrogen) atoms. The van der Waals surface area contributed by atoms with Gasteiger partial charge in [0.1, 0.15) is 17.1 Å². The van der Waals surface area contributed by atoms with Crippen molar-refractivity contribution in [3.05, 3.63) is 64.2 Å². The number of carbonyl (C=O) groups excluding carboxylic acids is 2. The summed E-state index contributed by atoms with van der Waals surface area (Å²) in [4.78, 5) is 23.8. The van der Waals surface area contributed by atoms with Gasteiger partial charge in [0, 0.05) is 11.1 Å². The fourth-order valence-corrected chi connectivity index (χ4v) is 2.31. The average Bonchev–Trinajstić information content (AvgIpc) is 2.59. The summed E-state index contributed by atoms with van der Waals surface area (Å²) in [5.74, 6) is -0.712. The number of phenols is 1. The lowest BCUT2D eigenvalue weighted by Crippen LogP contribution is -2.02. The number of allylic oxidation sites excluding steroid dienone is 1. The van der Waals surface area contributed by atoms with Crippen molar-refractivity contribution in [1.82, 2.24) is 0 Å². The molecule has 6 heteroatoms. The zero-order valence-electron chi connectivity index (χ0n) is 13.1. The van der Waals surface area contributed by atoms with Crippen molar-refractivity contribution in [2.75, 3.05) is 14.2 Å². The molecule has 0 amide bonds. The number of hydrogen-bond acceptors (Lipinski definition) is 5. The summed E-state index contributed by atoms with van der Waals surface area (Å²) >= 11 is 6.06. The van der Waals surface area contributed by atoms with Crippen LogP contribution in [0.5, 0.6) is 11.5 Å². The first kappa shape index (κ1) is 17.6. The van der Waals surface area contributed by atoms with Crippen LogP contribution in [0.15, 0.2) is 42.5 Å². The van der Waals surface area contributed by atoms with Crippen molar-refractivity contribution in [1.29, 1.82) is 0 Å². The van der Waals surface area contributed by atoms with Crippen LogP contribution in [-0.4, -0.2) is 31.1 Å². The number of hydrogen-bond donors (Lipinski definition) is 1. The van der Waals surface area contributed by atoms with E-state index in [9.17, 15) is 14.7 Å². The van der Waals surface area contributed by atoms with Gasteiger partial charge in [0.2, 0.25) is 0 Å². The van der Waals surface area contributed by atoms with Crippen LogP contribution in [0.2, 0.25) is 5.02 Å². The topological polar surface area (TPSA) is 72.8 Å². The van der Waals surface area contributed by atoms with Crippen molar-refractivity contribution >= 4 is 29.4 Å². The molecule has 0 bridgehead atoms. The van der Waals surface area contributed by atoms with E-state index < -0.39 is 5.97 Å². The predicted octanol–water partition coefficient (Wildman–Crippen LogP) is 3.74. The van der Waals surface area contributed by atoms with E-state index in [1.165, 1.54) is 38.5 Å². The quantitative estimate of drug-likeness (QED) is 0.507. The number of aromatic hydroxyl groups is 1. The molecule has 5 nitrogen and oxygen atoms in total. The van der Waals surface area contributed by atoms with E-state index in [1.54, 1.807) is 24.3 Å². The van der Waals surface area contributed by atoms with E-state index >= 15 is 0 Å². The Morgan fingerprint density at radius 3 is 2.50 bits per heavy atom. The molecule has 0 aliphatic heterocycles. The molecule has 0 spiro atoms. The van der Waals surface area contributed by atoms with Crippen molar-refractivity contribution in [3.63, 3.8) is 0 Å². The number of ether oxygens (including phenoxy) is 2. The Kier molecular flexibility index (Phi) is 5.60. The van der Waals surface area contributed by atoms with Crippen LogP contribution in [0.1, 0.15) is 26.3 Å². The molecule has 0 saturated heterocycles. The molecular weight excluding hydrogens is 332 g/mol. The molecule has 0 saturated carbocycles. The van der Waals surface area contributed by atoms with Gasteiger partial charge >= 0.3 is 5.97 Å². The molecule has 0 heterocycles. The maximum Gasteiger partial charge on any atom is 0.341 e. The number of benzene rings is 2. The van der Waals surface area contributed by atoms with E-state index in [0.717, 1.165) is 0 Å². The van der Waals surface area contributed by atoms with E-state index in [2.05, 4.69) is 4.74 Å². The maximum atomic E-state index is 12.2. The summed E-state index contributed by atoms with van der Waals surface area (Å²) < 4.78 is 9.62. The summed E-state index contributed by atoms with van der Waals surface area (Å²) in [5, 5.41) is 10.4. The second-order valence-electron chi connectivity index (χ2n) is 4.78. The molecule has 0 unspecified atom stereocenters. The number of rotatable bonds is 5. The van der Waals surface area contributed by atoms with Gasteiger partial charge in [-0.2, -0.15) is 0 Å². The summed E-state index contributed by atoms with van der Waals surface area (Å²) in [6.45, 7) is 0. The van der Waals surface area contributed by atoms with Gasteiger partial charge in [-0.05, 0) is 36.4 Å². The predicted molar refractivity (Wildman–Crippen MR) is 90.8 cm³/mol. The number of para-hydroxylation sites is 1. The summed E-state index contributed by atoms with van der Waals surface area (Å²) in [7, 11) is 2.73. The number of carbonyl (C=O) groups is 2. The van der Waals surface area contributed by atoms with Crippen molar-refractivity contribution in [2.24, 2.45) is 0 Å². The lowest BCUT2D eigenvalue weighted by Gasteiger charge is -2.06. The van der Waals surface area contributed by atoms with Gasteiger partial charge in [0.25, 0.3) is 0 Å². The summed E-state index contributed by atoms with van der Waals surface area (Å²) in [5.41, 5.74) is 0.641. The zero-order chi connectivity index (χ0) is 17.7. The minimum Gasteiger partial charge on any atom is -0.506 e. The Bertz CT molecular complexity index is 811. The number of halogens is 1. The summed E-state index contributed by atoms with van der Waals surface area (Å²) in [6, 6.07) is 9.30. The van der Waals surface area contributed by atoms with Gasteiger partial charge in [-0.25, -0.2) is 4.79 Å². The van der Waals surface area contributed by atoms with Crippen LogP contribution in [0.3, 0.4) is 0 Å². The lowest BCUT2D eigenvalue weighted by molar-refractivity contribution is 0.0597. The number of methoxy groups -OCH3 is 2. The second-order valence-corrected chi connectivity index (χ2v) is 5.19. The number of ketones is 1. The zero-order valence-corrected chi connectivity index (χ0v) is 13.8. The van der Waals surface area contributed by atoms with E-state index in [-0.39, 0.29) is 22.1 Å². The molecule has 124 valence electrons. The van der Waals surface area contributed by atoms with Crippen LogP contribution in [0.25, 0.3) is 6.08 Å². The largest absolute Gasteiger partial charge is 0.506 e. The average molecular weight is 347 g/mol. The highest BCUT2D eigenvalue weighted by molar-refractivity contribution is 6.34. The molecule has 2 rings (SSSR count). The summed E-state index contributed by atoms with van der Waals surface area (Å²) in [6.07, 6.45) is 2.68. The highest BCUT2D eigenvalue weighted by Crippen LogP contribution is 2.26. The third-order valence-corrected chi connectivity index (χ3v) is 3.64. The number of phenolic OH excluding ortho intramolecular Hbond substituents is 1. The van der Waals surface area contributed by atoms with Crippen LogP contribution in [-0.2, 0) is 4.74 Å². The van der Waals surface area contributed by atoms with Crippen molar-refractivity contribution in [3.8, 4) is 11.5 Å². The van der Waals surface area contributed by atoms with Gasteiger partial charge in [0.15, 0.2) is 5.78 Å². The molecule has 0 aromatic heterocycles. The molecule has 0 radical (unpaired) electrons. The molecule has 0 atom stereocenters. The standard InChI is InChI=1S/C18H15ClO5/c1-23-12-7-8-13(15(19)10-12)16(20)9-6-11-4-3-5-14(17(11)21)18(22)24-2/h3-10,21H,1-2H3/b9-6-. The molecular formula is C18H15ClO5. The Morgan fingerprint density at radius 2 is 1.88 bits per heavy atom. The maximum absolute atomic E-state index is 12.2. The lowest BCUT2D eigenvalue weighted by atomic mass is 10.1. The fourth-order valence-electron chi connectivity index (χ4n) is 2.05. The minimum absolute atomic E-state index is 0.0228. The van der Waals surface area contributed by atoms with Gasteiger partial charge < -0.3 is 14.6 Å². The molecule has 2 aromatic carbocycles. The normalized spacial score (nSPS) is 10.6. The Morgan fingerprint density at radius 1 is 1.12 bits per heavy atom. The van der Waals surface area contributed by atoms with Gasteiger partial charge in [-0.1, -0.05) is 23.7 Å². The Balaban J connectivity index is 2.28. The molecule has 0 fully saturated rings. The van der Waals surface area contributed by atoms with Crippen LogP contribution >= 0.6 is 11.6 Å². The van der Waals surface area contributed by atoms with E-state index in [4.69, 9.17) is 16.3 Å². The number of esters is 1. The molecule has 0 aliphatic carbocycles. The van der Waals surface area contributed by atoms with Crippen molar-refractivity contribution in [2.45, 2.75) is 0 Å². The Hall–Kier alpha value is -2.79. The molecule has 1 N–H and O–H groups in total. The van der Waals surface area contributed by atoms with E-state index in [1.807, 2.05) is 0 Å². The first-order valence-corrected chi connectivity index (χ1v) is 7.32. The highest BCUT2D eigenvalue weighted by atomic mass is 35.5. The smallest absolute Gasteiger partial charge is 0.341 e. The first-order chi connectivity index (χ1) is 11.5. The van der Waals surface area contributed by atoms with Crippen molar-refractivity contribution < 1.29 is 24.2 Å². The second kappa shape index (κ2) is 7.66. The molecule has 2 aromatic rings. The van der Waals surface area contributed by atoms with Crippen LogP contribution < -0.4 is 4.74 Å². The highest BCUT2D eigenvalue weighted by Gasteiger charge is 2.14.